The normalized spacial score (nSPS) is 32.3. The van der Waals surface area contributed by atoms with Crippen LogP contribution in [0.3, 0.4) is 0 Å². The molecule has 0 amide bonds. The zero-order valence-corrected chi connectivity index (χ0v) is 17.0. The minimum atomic E-state index is -0.701. The van der Waals surface area contributed by atoms with Gasteiger partial charge in [0.15, 0.2) is 17.7 Å². The Labute approximate surface area is 164 Å². The molecule has 0 aromatic carbocycles. The van der Waals surface area contributed by atoms with E-state index in [1.807, 2.05) is 13.0 Å². The summed E-state index contributed by atoms with van der Waals surface area (Å²) in [5, 5.41) is 0. The number of esters is 1. The summed E-state index contributed by atoms with van der Waals surface area (Å²) in [6.45, 7) is 3.66. The highest BCUT2D eigenvalue weighted by Crippen LogP contribution is 2.60. The lowest BCUT2D eigenvalue weighted by atomic mass is 9.48. The van der Waals surface area contributed by atoms with Gasteiger partial charge in [-0.1, -0.05) is 0 Å². The van der Waals surface area contributed by atoms with Gasteiger partial charge in [-0.2, -0.15) is 0 Å². The number of ether oxygens (including phenoxy) is 1. The molecule has 1 atom stereocenters. The lowest BCUT2D eigenvalue weighted by Gasteiger charge is -2.56. The zero-order chi connectivity index (χ0) is 19.2. The summed E-state index contributed by atoms with van der Waals surface area (Å²) in [6.07, 6.45) is 6.27. The molecule has 4 aliphatic carbocycles. The van der Waals surface area contributed by atoms with Crippen LogP contribution in [0.25, 0.3) is 0 Å². The zero-order valence-electron chi connectivity index (χ0n) is 16.2. The average Bonchev–Trinajstić information content (AvgIpc) is 3.04. The van der Waals surface area contributed by atoms with Gasteiger partial charge in [-0.3, -0.25) is 14.4 Å². The molecule has 0 N–H and O–H groups in total. The number of hydrogen-bond donors (Lipinski definition) is 0. The van der Waals surface area contributed by atoms with E-state index < -0.39 is 12.1 Å². The van der Waals surface area contributed by atoms with Crippen molar-refractivity contribution in [3.63, 3.8) is 0 Å². The van der Waals surface area contributed by atoms with Crippen LogP contribution in [0, 0.1) is 30.1 Å². The molecular weight excluding hydrogens is 360 g/mol. The number of ketones is 2. The van der Waals surface area contributed by atoms with Crippen LogP contribution in [0.1, 0.15) is 72.8 Å². The van der Waals surface area contributed by atoms with Gasteiger partial charge in [0.2, 0.25) is 0 Å². The fraction of sp³-hybridized carbons (Fsp3) is 0.682. The number of Topliss-reactive ketones (excluding diaryl/α,β-unsaturated/α-hetero) is 2. The minimum absolute atomic E-state index is 0.0360. The third-order valence-corrected chi connectivity index (χ3v) is 7.85. The van der Waals surface area contributed by atoms with Gasteiger partial charge >= 0.3 is 5.97 Å². The van der Waals surface area contributed by atoms with Crippen molar-refractivity contribution < 1.29 is 19.1 Å². The van der Waals surface area contributed by atoms with Crippen LogP contribution >= 0.6 is 11.3 Å². The topological polar surface area (TPSA) is 60.4 Å². The Hall–Kier alpha value is -1.49. The Balaban J connectivity index is 1.31. The second kappa shape index (κ2) is 7.16. The van der Waals surface area contributed by atoms with Crippen LogP contribution in [0.5, 0.6) is 0 Å². The Morgan fingerprint density at radius 2 is 1.67 bits per heavy atom. The molecule has 4 nitrogen and oxygen atoms in total. The first-order valence-corrected chi connectivity index (χ1v) is 11.0. The van der Waals surface area contributed by atoms with Crippen LogP contribution in [-0.2, 0) is 14.3 Å². The SMILES string of the molecule is Cc1ccc(C(=O)CCC(=O)O[C@@H](C)C(=O)C23CC4CC(CC(C4)C2)C3)s1. The maximum Gasteiger partial charge on any atom is 0.306 e. The summed E-state index contributed by atoms with van der Waals surface area (Å²) >= 11 is 1.44. The molecule has 4 fully saturated rings. The Kier molecular flexibility index (Phi) is 5.00. The largest absolute Gasteiger partial charge is 0.455 e. The number of hydrogen-bond acceptors (Lipinski definition) is 5. The van der Waals surface area contributed by atoms with Crippen molar-refractivity contribution in [2.24, 2.45) is 23.2 Å². The summed E-state index contributed by atoms with van der Waals surface area (Å²) in [5.74, 6) is 1.71. The van der Waals surface area contributed by atoms with Gasteiger partial charge in [-0.15, -0.1) is 11.3 Å². The maximum absolute atomic E-state index is 13.2. The third kappa shape index (κ3) is 3.75. The fourth-order valence-electron chi connectivity index (χ4n) is 6.08. The van der Waals surface area contributed by atoms with E-state index >= 15 is 0 Å². The standard InChI is InChI=1S/C22H28O4S/c1-13-3-5-19(27-13)18(23)4-6-20(24)26-14(2)21(25)22-10-15-7-16(11-22)9-17(8-15)12-22/h3,5,14-17H,4,6-12H2,1-2H3/t14-,15?,16?,17?,22?/m0/s1. The second-order valence-corrected chi connectivity index (χ2v) is 10.3. The summed E-state index contributed by atoms with van der Waals surface area (Å²) in [7, 11) is 0. The quantitative estimate of drug-likeness (QED) is 0.500. The molecule has 27 heavy (non-hydrogen) atoms. The highest BCUT2D eigenvalue weighted by atomic mass is 32.1. The molecule has 5 rings (SSSR count). The van der Waals surface area contributed by atoms with Gasteiger partial charge in [0.05, 0.1) is 11.3 Å². The molecule has 0 saturated heterocycles. The first-order chi connectivity index (χ1) is 12.8. The van der Waals surface area contributed by atoms with Crippen LogP contribution in [0.15, 0.2) is 12.1 Å². The summed E-state index contributed by atoms with van der Waals surface area (Å²) < 4.78 is 5.46. The molecule has 0 aliphatic heterocycles. The highest BCUT2D eigenvalue weighted by Gasteiger charge is 2.55. The molecule has 0 spiro atoms. The van der Waals surface area contributed by atoms with Crippen LogP contribution in [-0.4, -0.2) is 23.6 Å². The third-order valence-electron chi connectivity index (χ3n) is 6.81. The summed E-state index contributed by atoms with van der Waals surface area (Å²) in [5.41, 5.74) is -0.251. The first kappa shape index (κ1) is 18.9. The van der Waals surface area contributed by atoms with Crippen LogP contribution < -0.4 is 0 Å². The molecule has 4 saturated carbocycles. The summed E-state index contributed by atoms with van der Waals surface area (Å²) in [4.78, 5) is 39.3. The molecule has 146 valence electrons. The fourth-order valence-corrected chi connectivity index (χ4v) is 6.91. The monoisotopic (exact) mass is 388 g/mol. The molecule has 4 aliphatic rings. The first-order valence-electron chi connectivity index (χ1n) is 10.2. The number of aryl methyl sites for hydroxylation is 1. The summed E-state index contributed by atoms with van der Waals surface area (Å²) in [6, 6.07) is 3.70. The van der Waals surface area contributed by atoms with Gasteiger partial charge < -0.3 is 4.74 Å². The maximum atomic E-state index is 13.2. The molecule has 4 bridgehead atoms. The molecular formula is C22H28O4S. The van der Waals surface area contributed by atoms with Crippen molar-refractivity contribution in [1.29, 1.82) is 0 Å². The van der Waals surface area contributed by atoms with E-state index in [-0.39, 0.29) is 29.8 Å². The number of carbonyl (C=O) groups excluding carboxylic acids is 3. The van der Waals surface area contributed by atoms with Crippen molar-refractivity contribution in [3.05, 3.63) is 21.9 Å². The van der Waals surface area contributed by atoms with Gasteiger partial charge in [-0.05, 0) is 82.3 Å². The van der Waals surface area contributed by atoms with Crippen molar-refractivity contribution in [3.8, 4) is 0 Å². The second-order valence-electron chi connectivity index (χ2n) is 9.03. The van der Waals surface area contributed by atoms with Crippen LogP contribution in [0.4, 0.5) is 0 Å². The van der Waals surface area contributed by atoms with Crippen molar-refractivity contribution >= 4 is 28.9 Å². The number of rotatable bonds is 7. The van der Waals surface area contributed by atoms with E-state index in [0.717, 1.165) is 24.1 Å². The molecule has 1 aromatic rings. The Morgan fingerprint density at radius 3 is 2.19 bits per heavy atom. The number of thiophene rings is 1. The minimum Gasteiger partial charge on any atom is -0.455 e. The van der Waals surface area contributed by atoms with Crippen molar-refractivity contribution in [2.75, 3.05) is 0 Å². The van der Waals surface area contributed by atoms with E-state index in [4.69, 9.17) is 4.74 Å². The molecule has 0 radical (unpaired) electrons. The lowest BCUT2D eigenvalue weighted by molar-refractivity contribution is -0.164. The van der Waals surface area contributed by atoms with E-state index in [1.165, 1.54) is 30.6 Å². The van der Waals surface area contributed by atoms with E-state index in [9.17, 15) is 14.4 Å². The molecule has 1 aromatic heterocycles. The van der Waals surface area contributed by atoms with Gasteiger partial charge in [0, 0.05) is 16.7 Å². The predicted molar refractivity (Wildman–Crippen MR) is 104 cm³/mol. The van der Waals surface area contributed by atoms with Gasteiger partial charge in [-0.25, -0.2) is 0 Å². The number of carbonyl (C=O) groups is 3. The Bertz CT molecular complexity index is 727. The van der Waals surface area contributed by atoms with E-state index in [1.54, 1.807) is 13.0 Å². The molecule has 5 heteroatoms. The van der Waals surface area contributed by atoms with Crippen molar-refractivity contribution in [1.82, 2.24) is 0 Å². The smallest absolute Gasteiger partial charge is 0.306 e. The molecule has 0 unspecified atom stereocenters. The van der Waals surface area contributed by atoms with Gasteiger partial charge in [0.25, 0.3) is 0 Å². The van der Waals surface area contributed by atoms with Gasteiger partial charge in [0.1, 0.15) is 0 Å². The lowest BCUT2D eigenvalue weighted by Crippen LogP contribution is -2.52. The Morgan fingerprint density at radius 1 is 1.07 bits per heavy atom. The van der Waals surface area contributed by atoms with E-state index in [0.29, 0.717) is 22.6 Å². The van der Waals surface area contributed by atoms with Crippen LogP contribution in [0.2, 0.25) is 0 Å². The predicted octanol–water partition coefficient (Wildman–Crippen LogP) is 4.74. The average molecular weight is 389 g/mol. The molecule has 1 heterocycles. The highest BCUT2D eigenvalue weighted by molar-refractivity contribution is 7.14. The van der Waals surface area contributed by atoms with Crippen molar-refractivity contribution in [2.45, 2.75) is 71.3 Å². The van der Waals surface area contributed by atoms with E-state index in [2.05, 4.69) is 0 Å².